The van der Waals surface area contributed by atoms with Crippen LogP contribution in [0.2, 0.25) is 0 Å². The van der Waals surface area contributed by atoms with Crippen LogP contribution in [0.5, 0.6) is 0 Å². The average molecular weight is 263 g/mol. The average Bonchev–Trinajstić information content (AvgIpc) is 3.02. The molecule has 0 radical (unpaired) electrons. The van der Waals surface area contributed by atoms with Crippen LogP contribution in [-0.4, -0.2) is 22.9 Å². The number of likely N-dealkylation sites (N-methyl/N-ethyl adjacent to an activating group) is 1. The minimum Gasteiger partial charge on any atom is -0.316 e. The van der Waals surface area contributed by atoms with Crippen molar-refractivity contribution in [2.24, 2.45) is 5.41 Å². The van der Waals surface area contributed by atoms with E-state index in [9.17, 15) is 0 Å². The summed E-state index contributed by atoms with van der Waals surface area (Å²) >= 11 is 0. The lowest BCUT2D eigenvalue weighted by Crippen LogP contribution is -2.43. The SMILES string of the molecule is CCn1nc(C)cc1CC(NC)C1(CC)CCCC1. The van der Waals surface area contributed by atoms with Gasteiger partial charge in [-0.1, -0.05) is 19.8 Å². The van der Waals surface area contributed by atoms with Gasteiger partial charge in [0.2, 0.25) is 0 Å². The Morgan fingerprint density at radius 1 is 1.37 bits per heavy atom. The quantitative estimate of drug-likeness (QED) is 0.853. The van der Waals surface area contributed by atoms with Gasteiger partial charge in [-0.3, -0.25) is 4.68 Å². The molecule has 3 nitrogen and oxygen atoms in total. The van der Waals surface area contributed by atoms with Gasteiger partial charge in [-0.2, -0.15) is 5.10 Å². The molecule has 1 saturated carbocycles. The van der Waals surface area contributed by atoms with E-state index in [1.54, 1.807) is 0 Å². The summed E-state index contributed by atoms with van der Waals surface area (Å²) in [6.45, 7) is 7.60. The van der Waals surface area contributed by atoms with Crippen LogP contribution in [0.25, 0.3) is 0 Å². The van der Waals surface area contributed by atoms with Gasteiger partial charge in [0.05, 0.1) is 5.69 Å². The number of hydrogen-bond acceptors (Lipinski definition) is 2. The molecule has 1 aromatic rings. The number of rotatable bonds is 6. The third kappa shape index (κ3) is 2.86. The molecular weight excluding hydrogens is 234 g/mol. The van der Waals surface area contributed by atoms with Crippen LogP contribution < -0.4 is 5.32 Å². The summed E-state index contributed by atoms with van der Waals surface area (Å²) in [5, 5.41) is 8.18. The van der Waals surface area contributed by atoms with Gasteiger partial charge >= 0.3 is 0 Å². The third-order valence-electron chi connectivity index (χ3n) is 5.09. The summed E-state index contributed by atoms with van der Waals surface area (Å²) in [7, 11) is 2.12. The van der Waals surface area contributed by atoms with Gasteiger partial charge in [-0.25, -0.2) is 0 Å². The minimum atomic E-state index is 0.505. The smallest absolute Gasteiger partial charge is 0.0596 e. The first-order valence-corrected chi connectivity index (χ1v) is 7.85. The summed E-state index contributed by atoms with van der Waals surface area (Å²) in [5.41, 5.74) is 3.04. The van der Waals surface area contributed by atoms with E-state index in [1.165, 1.54) is 37.8 Å². The lowest BCUT2D eigenvalue weighted by atomic mass is 9.74. The van der Waals surface area contributed by atoms with Gasteiger partial charge < -0.3 is 5.32 Å². The highest BCUT2D eigenvalue weighted by Crippen LogP contribution is 2.44. The van der Waals surface area contributed by atoms with E-state index in [0.717, 1.165) is 18.7 Å². The van der Waals surface area contributed by atoms with E-state index in [1.807, 2.05) is 0 Å². The minimum absolute atomic E-state index is 0.505. The van der Waals surface area contributed by atoms with Crippen LogP contribution in [0.1, 0.15) is 57.3 Å². The fourth-order valence-corrected chi connectivity index (χ4v) is 3.90. The Hall–Kier alpha value is -0.830. The lowest BCUT2D eigenvalue weighted by molar-refractivity contribution is 0.190. The Bertz CT molecular complexity index is 402. The molecule has 1 aliphatic carbocycles. The molecule has 1 N–H and O–H groups in total. The normalized spacial score (nSPS) is 19.8. The topological polar surface area (TPSA) is 29.9 Å². The van der Waals surface area contributed by atoms with Crippen LogP contribution in [-0.2, 0) is 13.0 Å². The number of nitrogens with one attached hydrogen (secondary N) is 1. The Labute approximate surface area is 117 Å². The van der Waals surface area contributed by atoms with Crippen molar-refractivity contribution < 1.29 is 0 Å². The first-order chi connectivity index (χ1) is 9.15. The lowest BCUT2D eigenvalue weighted by Gasteiger charge is -2.37. The summed E-state index contributed by atoms with van der Waals surface area (Å²) in [4.78, 5) is 0. The molecule has 0 spiro atoms. The second-order valence-electron chi connectivity index (χ2n) is 6.06. The molecule has 1 atom stereocenters. The molecule has 0 aliphatic heterocycles. The van der Waals surface area contributed by atoms with Gasteiger partial charge in [0.15, 0.2) is 0 Å². The maximum Gasteiger partial charge on any atom is 0.0596 e. The highest BCUT2D eigenvalue weighted by atomic mass is 15.3. The molecule has 1 aromatic heterocycles. The van der Waals surface area contributed by atoms with Crippen molar-refractivity contribution in [3.8, 4) is 0 Å². The zero-order chi connectivity index (χ0) is 13.9. The molecule has 1 heterocycles. The number of aryl methyl sites for hydroxylation is 2. The van der Waals surface area contributed by atoms with Crippen molar-refractivity contribution in [1.82, 2.24) is 15.1 Å². The Morgan fingerprint density at radius 3 is 2.58 bits per heavy atom. The molecule has 108 valence electrons. The summed E-state index contributed by atoms with van der Waals surface area (Å²) < 4.78 is 2.16. The highest BCUT2D eigenvalue weighted by molar-refractivity contribution is 5.12. The van der Waals surface area contributed by atoms with Gasteiger partial charge in [0.25, 0.3) is 0 Å². The van der Waals surface area contributed by atoms with Crippen LogP contribution in [0.4, 0.5) is 0 Å². The maximum atomic E-state index is 4.58. The summed E-state index contributed by atoms with van der Waals surface area (Å²) in [6.07, 6.45) is 7.97. The molecule has 1 fully saturated rings. The van der Waals surface area contributed by atoms with Crippen molar-refractivity contribution >= 4 is 0 Å². The Morgan fingerprint density at radius 2 is 2.05 bits per heavy atom. The molecule has 1 aliphatic rings. The van der Waals surface area contributed by atoms with Crippen molar-refractivity contribution in [2.75, 3.05) is 7.05 Å². The van der Waals surface area contributed by atoms with E-state index in [-0.39, 0.29) is 0 Å². The molecule has 19 heavy (non-hydrogen) atoms. The van der Waals surface area contributed by atoms with Crippen molar-refractivity contribution in [2.45, 2.75) is 71.9 Å². The van der Waals surface area contributed by atoms with Crippen molar-refractivity contribution in [1.29, 1.82) is 0 Å². The van der Waals surface area contributed by atoms with Gasteiger partial charge in [-0.05, 0) is 51.6 Å². The van der Waals surface area contributed by atoms with E-state index in [4.69, 9.17) is 0 Å². The number of hydrogen-bond donors (Lipinski definition) is 1. The van der Waals surface area contributed by atoms with Gasteiger partial charge in [0.1, 0.15) is 0 Å². The number of nitrogens with zero attached hydrogens (tertiary/aromatic N) is 2. The molecule has 0 aromatic carbocycles. The molecule has 0 amide bonds. The highest BCUT2D eigenvalue weighted by Gasteiger charge is 2.39. The van der Waals surface area contributed by atoms with E-state index in [2.05, 4.69) is 49.0 Å². The summed E-state index contributed by atoms with van der Waals surface area (Å²) in [6, 6.07) is 2.84. The second kappa shape index (κ2) is 6.08. The zero-order valence-corrected chi connectivity index (χ0v) is 13.0. The number of aromatic nitrogens is 2. The fraction of sp³-hybridized carbons (Fsp3) is 0.812. The molecule has 2 rings (SSSR count). The van der Waals surface area contributed by atoms with E-state index >= 15 is 0 Å². The van der Waals surface area contributed by atoms with Gasteiger partial charge in [0, 0.05) is 24.7 Å². The van der Waals surface area contributed by atoms with Crippen LogP contribution >= 0.6 is 0 Å². The molecule has 0 saturated heterocycles. The third-order valence-corrected chi connectivity index (χ3v) is 5.09. The van der Waals surface area contributed by atoms with Crippen LogP contribution in [0.3, 0.4) is 0 Å². The zero-order valence-electron chi connectivity index (χ0n) is 13.0. The molecular formula is C16H29N3. The van der Waals surface area contributed by atoms with E-state index in [0.29, 0.717) is 11.5 Å². The molecule has 3 heteroatoms. The van der Waals surface area contributed by atoms with Crippen molar-refractivity contribution in [3.63, 3.8) is 0 Å². The summed E-state index contributed by atoms with van der Waals surface area (Å²) in [5.74, 6) is 0. The Kier molecular flexibility index (Phi) is 4.67. The Balaban J connectivity index is 2.18. The maximum absolute atomic E-state index is 4.58. The molecule has 1 unspecified atom stereocenters. The fourth-order valence-electron chi connectivity index (χ4n) is 3.90. The second-order valence-corrected chi connectivity index (χ2v) is 6.06. The van der Waals surface area contributed by atoms with Crippen molar-refractivity contribution in [3.05, 3.63) is 17.5 Å². The van der Waals surface area contributed by atoms with Crippen LogP contribution in [0.15, 0.2) is 6.07 Å². The monoisotopic (exact) mass is 263 g/mol. The largest absolute Gasteiger partial charge is 0.316 e. The van der Waals surface area contributed by atoms with E-state index < -0.39 is 0 Å². The van der Waals surface area contributed by atoms with Gasteiger partial charge in [-0.15, -0.1) is 0 Å². The standard InChI is InChI=1S/C16H29N3/c1-5-16(9-7-8-10-16)15(17-4)12-14-11-13(3)18-19(14)6-2/h11,15,17H,5-10,12H2,1-4H3. The first kappa shape index (κ1) is 14.6. The predicted molar refractivity (Wildman–Crippen MR) is 80.4 cm³/mol. The first-order valence-electron chi connectivity index (χ1n) is 7.85. The van der Waals surface area contributed by atoms with Crippen LogP contribution in [0, 0.1) is 12.3 Å². The predicted octanol–water partition coefficient (Wildman–Crippen LogP) is 3.31. The molecule has 0 bridgehead atoms.